The van der Waals surface area contributed by atoms with E-state index in [2.05, 4.69) is 174 Å². The van der Waals surface area contributed by atoms with E-state index in [9.17, 15) is 0 Å². The van der Waals surface area contributed by atoms with Crippen LogP contribution in [0.15, 0.2) is 164 Å². The number of ether oxygens (including phenoxy) is 4. The van der Waals surface area contributed by atoms with Crippen molar-refractivity contribution in [1.29, 1.82) is 0 Å². The van der Waals surface area contributed by atoms with Crippen LogP contribution in [0.2, 0.25) is 0 Å². The van der Waals surface area contributed by atoms with Crippen molar-refractivity contribution in [3.8, 4) is 0 Å². The molecule has 9 aromatic rings. The van der Waals surface area contributed by atoms with E-state index in [-0.39, 0.29) is 0 Å². The molecule has 0 radical (unpaired) electrons. The Balaban J connectivity index is 1.29. The number of hydrogen-bond donors (Lipinski definition) is 2. The Hall–Kier alpha value is -5.70. The lowest BCUT2D eigenvalue weighted by molar-refractivity contribution is -0.129. The molecule has 1 heterocycles. The molecule has 6 nitrogen and oxygen atoms in total. The SMILES string of the molecule is c1ccc2cc3c(C4OCCNCCOCCOCCNCCOC4(c4cccc5cc6ccccc6cc45)c4cccc5cc6ccccc6cc45)cccc3cc2c1. The molecule has 0 saturated carbocycles. The molecule has 60 heavy (non-hydrogen) atoms. The summed E-state index contributed by atoms with van der Waals surface area (Å²) in [6.07, 6.45) is -0.586. The molecule has 9 aromatic carbocycles. The van der Waals surface area contributed by atoms with Gasteiger partial charge in [0, 0.05) is 26.2 Å². The summed E-state index contributed by atoms with van der Waals surface area (Å²) >= 11 is 0. The van der Waals surface area contributed by atoms with Crippen LogP contribution in [0.3, 0.4) is 0 Å². The van der Waals surface area contributed by atoms with Crippen molar-refractivity contribution in [2.45, 2.75) is 11.7 Å². The first-order valence-electron chi connectivity index (χ1n) is 21.3. The molecule has 1 unspecified atom stereocenters. The summed E-state index contributed by atoms with van der Waals surface area (Å²) in [4.78, 5) is 0. The van der Waals surface area contributed by atoms with E-state index in [1.165, 1.54) is 32.3 Å². The highest BCUT2D eigenvalue weighted by Gasteiger charge is 2.48. The molecule has 1 aliphatic rings. The van der Waals surface area contributed by atoms with Crippen molar-refractivity contribution in [3.63, 3.8) is 0 Å². The third kappa shape index (κ3) is 7.52. The van der Waals surface area contributed by atoms with Gasteiger partial charge in [-0.15, -0.1) is 0 Å². The van der Waals surface area contributed by atoms with Crippen molar-refractivity contribution in [2.75, 3.05) is 65.8 Å². The monoisotopic (exact) mass is 790 g/mol. The highest BCUT2D eigenvalue weighted by atomic mass is 16.6. The van der Waals surface area contributed by atoms with Gasteiger partial charge in [-0.3, -0.25) is 0 Å². The molecule has 0 aliphatic carbocycles. The number of rotatable bonds is 3. The van der Waals surface area contributed by atoms with Crippen LogP contribution in [0, 0.1) is 0 Å². The first-order chi connectivity index (χ1) is 29.8. The molecule has 10 rings (SSSR count). The number of nitrogens with one attached hydrogen (secondary N) is 2. The molecule has 0 spiro atoms. The average molecular weight is 791 g/mol. The topological polar surface area (TPSA) is 61.0 Å². The van der Waals surface area contributed by atoms with Gasteiger partial charge in [-0.25, -0.2) is 0 Å². The van der Waals surface area contributed by atoms with Crippen LogP contribution < -0.4 is 10.6 Å². The van der Waals surface area contributed by atoms with Gasteiger partial charge in [-0.2, -0.15) is 0 Å². The minimum Gasteiger partial charge on any atom is -0.378 e. The summed E-state index contributed by atoms with van der Waals surface area (Å²) in [5, 5.41) is 21.2. The van der Waals surface area contributed by atoms with Gasteiger partial charge in [0.15, 0.2) is 0 Å². The Bertz CT molecular complexity index is 2830. The van der Waals surface area contributed by atoms with Crippen molar-refractivity contribution in [1.82, 2.24) is 10.6 Å². The average Bonchev–Trinajstić information content (AvgIpc) is 3.29. The van der Waals surface area contributed by atoms with E-state index in [4.69, 9.17) is 18.9 Å². The van der Waals surface area contributed by atoms with Gasteiger partial charge < -0.3 is 29.6 Å². The fourth-order valence-electron chi connectivity index (χ4n) is 9.28. The van der Waals surface area contributed by atoms with Gasteiger partial charge in [0.05, 0.1) is 39.6 Å². The molecule has 0 bridgehead atoms. The number of benzene rings is 9. The predicted octanol–water partition coefficient (Wildman–Crippen LogP) is 10.8. The van der Waals surface area contributed by atoms with Crippen molar-refractivity contribution >= 4 is 64.6 Å². The van der Waals surface area contributed by atoms with E-state index in [0.29, 0.717) is 65.8 Å². The zero-order valence-electron chi connectivity index (χ0n) is 33.9. The summed E-state index contributed by atoms with van der Waals surface area (Å²) in [5.74, 6) is 0. The maximum Gasteiger partial charge on any atom is 0.150 e. The molecular formula is C54H50N2O4. The smallest absolute Gasteiger partial charge is 0.150 e. The fourth-order valence-corrected chi connectivity index (χ4v) is 9.28. The molecule has 1 saturated heterocycles. The molecule has 6 heteroatoms. The lowest BCUT2D eigenvalue weighted by atomic mass is 9.74. The van der Waals surface area contributed by atoms with Crippen molar-refractivity contribution in [3.05, 3.63) is 180 Å². The van der Waals surface area contributed by atoms with E-state index in [1.54, 1.807) is 0 Å². The van der Waals surface area contributed by atoms with Crippen molar-refractivity contribution < 1.29 is 18.9 Å². The fraction of sp³-hybridized carbons (Fsp3) is 0.222. The Kier molecular flexibility index (Phi) is 11.2. The molecule has 300 valence electrons. The van der Waals surface area contributed by atoms with Crippen LogP contribution in [0.5, 0.6) is 0 Å². The maximum absolute atomic E-state index is 7.82. The van der Waals surface area contributed by atoms with Gasteiger partial charge in [-0.1, -0.05) is 127 Å². The Morgan fingerprint density at radius 1 is 0.367 bits per heavy atom. The molecule has 2 N–H and O–H groups in total. The third-order valence-corrected chi connectivity index (χ3v) is 12.1. The number of fused-ring (bicyclic) bond motifs is 6. The van der Waals surface area contributed by atoms with Crippen LogP contribution in [-0.4, -0.2) is 65.8 Å². The van der Waals surface area contributed by atoms with E-state index in [1.807, 2.05) is 0 Å². The van der Waals surface area contributed by atoms with Gasteiger partial charge in [0.2, 0.25) is 0 Å². The second kappa shape index (κ2) is 17.5. The standard InChI is InChI=1S/C54H50N2O4/c1-4-13-41-35-48-44(32-38(41)10-1)16-7-19-47(48)53-54(51-20-8-17-45-33-39-11-2-5-14-42(39)36-49(45)51,52-21-9-18-46-34-40-12-3-6-15-43(40)37-50(46)52)60-29-25-56-23-27-58-31-30-57-26-22-55-24-28-59-53/h1-21,32-37,53,55-56H,22-31H2. The summed E-state index contributed by atoms with van der Waals surface area (Å²) in [5.41, 5.74) is 2.06. The summed E-state index contributed by atoms with van der Waals surface area (Å²) in [6.45, 7) is 5.88. The zero-order chi connectivity index (χ0) is 40.1. The largest absolute Gasteiger partial charge is 0.378 e. The number of hydrogen-bond acceptors (Lipinski definition) is 6. The lowest BCUT2D eigenvalue weighted by Gasteiger charge is -2.43. The van der Waals surface area contributed by atoms with Crippen LogP contribution in [-0.2, 0) is 24.5 Å². The van der Waals surface area contributed by atoms with E-state index < -0.39 is 11.7 Å². The zero-order valence-corrected chi connectivity index (χ0v) is 33.9. The Labute approximate surface area is 351 Å². The van der Waals surface area contributed by atoms with Crippen molar-refractivity contribution in [2.24, 2.45) is 0 Å². The quantitative estimate of drug-likeness (QED) is 0.174. The highest BCUT2D eigenvalue weighted by molar-refractivity contribution is 6.04. The van der Waals surface area contributed by atoms with Gasteiger partial charge in [-0.05, 0) is 118 Å². The molecule has 1 atom stereocenters. The van der Waals surface area contributed by atoms with Crippen LogP contribution in [0.4, 0.5) is 0 Å². The minimum absolute atomic E-state index is 0.419. The van der Waals surface area contributed by atoms with Crippen LogP contribution >= 0.6 is 0 Å². The lowest BCUT2D eigenvalue weighted by Crippen LogP contribution is -2.42. The Morgan fingerprint density at radius 2 is 0.767 bits per heavy atom. The second-order valence-electron chi connectivity index (χ2n) is 15.8. The van der Waals surface area contributed by atoms with Crippen LogP contribution in [0.25, 0.3) is 64.6 Å². The Morgan fingerprint density at radius 3 is 1.28 bits per heavy atom. The maximum atomic E-state index is 7.82. The van der Waals surface area contributed by atoms with E-state index in [0.717, 1.165) is 49.0 Å². The molecule has 1 fully saturated rings. The van der Waals surface area contributed by atoms with Gasteiger partial charge in [0.25, 0.3) is 0 Å². The summed E-state index contributed by atoms with van der Waals surface area (Å²) in [6, 6.07) is 59.9. The molecule has 1 aliphatic heterocycles. The summed E-state index contributed by atoms with van der Waals surface area (Å²) < 4.78 is 27.1. The second-order valence-corrected chi connectivity index (χ2v) is 15.8. The molecule has 0 aromatic heterocycles. The van der Waals surface area contributed by atoms with E-state index >= 15 is 0 Å². The van der Waals surface area contributed by atoms with Gasteiger partial charge in [0.1, 0.15) is 11.7 Å². The van der Waals surface area contributed by atoms with Crippen LogP contribution in [0.1, 0.15) is 22.8 Å². The first kappa shape index (κ1) is 38.5. The molecular weight excluding hydrogens is 741 g/mol. The minimum atomic E-state index is -1.14. The predicted molar refractivity (Wildman–Crippen MR) is 247 cm³/mol. The summed E-state index contributed by atoms with van der Waals surface area (Å²) in [7, 11) is 0. The highest BCUT2D eigenvalue weighted by Crippen LogP contribution is 2.52. The van der Waals surface area contributed by atoms with Gasteiger partial charge >= 0.3 is 0 Å². The molecule has 0 amide bonds. The normalized spacial score (nSPS) is 17.9. The third-order valence-electron chi connectivity index (χ3n) is 12.1. The first-order valence-corrected chi connectivity index (χ1v) is 21.3.